The highest BCUT2D eigenvalue weighted by atomic mass is 16.7. The van der Waals surface area contributed by atoms with Crippen molar-refractivity contribution in [2.45, 2.75) is 31.1 Å². The molecule has 0 amide bonds. The number of aromatic nitrogens is 3. The molecule has 3 heterocycles. The summed E-state index contributed by atoms with van der Waals surface area (Å²) in [6.07, 6.45) is -3.27. The molecule has 8 rings (SSSR count). The Kier molecular flexibility index (Phi) is 10.6. The summed E-state index contributed by atoms with van der Waals surface area (Å²) < 4.78 is 36.9. The van der Waals surface area contributed by atoms with Gasteiger partial charge in [-0.3, -0.25) is 0 Å². The molecule has 1 aliphatic rings. The SMILES string of the molecule is O=C(OC[C@H]1O[C@@H](n2cc(COc3ccc4c(-c5ccccc5)cc(=O)oc4c3)nn2)[C@H](OC(=O)c2ccccc2)[C@@H]1OC(=O)c1ccccc1)c1ccccc1. The molecular weight excluding hydrogens is 730 g/mol. The summed E-state index contributed by atoms with van der Waals surface area (Å²) in [6.45, 7) is -0.412. The van der Waals surface area contributed by atoms with Crippen molar-refractivity contribution >= 4 is 28.9 Å². The fourth-order valence-electron chi connectivity index (χ4n) is 6.42. The zero-order valence-electron chi connectivity index (χ0n) is 30.1. The maximum Gasteiger partial charge on any atom is 0.338 e. The van der Waals surface area contributed by atoms with Crippen molar-refractivity contribution in [3.63, 3.8) is 0 Å². The molecule has 7 aromatic rings. The number of carbonyl (C=O) groups excluding carboxylic acids is 3. The van der Waals surface area contributed by atoms with Crippen LogP contribution in [0.4, 0.5) is 0 Å². The normalized spacial score (nSPS) is 17.5. The zero-order valence-corrected chi connectivity index (χ0v) is 30.1. The van der Waals surface area contributed by atoms with Crippen molar-refractivity contribution in [2.24, 2.45) is 0 Å². The number of benzene rings is 5. The minimum atomic E-state index is -1.27. The molecule has 1 aliphatic heterocycles. The second-order valence-electron chi connectivity index (χ2n) is 13.0. The van der Waals surface area contributed by atoms with E-state index < -0.39 is 48.1 Å². The second kappa shape index (κ2) is 16.6. The molecule has 1 saturated heterocycles. The third-order valence-corrected chi connectivity index (χ3v) is 9.18. The largest absolute Gasteiger partial charge is 0.487 e. The summed E-state index contributed by atoms with van der Waals surface area (Å²) >= 11 is 0. The molecule has 5 aromatic carbocycles. The summed E-state index contributed by atoms with van der Waals surface area (Å²) in [5, 5.41) is 9.25. The van der Waals surface area contributed by atoms with Gasteiger partial charge < -0.3 is 28.1 Å². The first-order valence-electron chi connectivity index (χ1n) is 18.0. The Morgan fingerprint density at radius 2 is 1.25 bits per heavy atom. The molecule has 13 nitrogen and oxygen atoms in total. The lowest BCUT2D eigenvalue weighted by Crippen LogP contribution is -2.41. The van der Waals surface area contributed by atoms with Crippen LogP contribution in [0.1, 0.15) is 43.0 Å². The predicted octanol–water partition coefficient (Wildman–Crippen LogP) is 6.84. The minimum absolute atomic E-state index is 0.0557. The van der Waals surface area contributed by atoms with Gasteiger partial charge in [-0.25, -0.2) is 23.9 Å². The first kappa shape index (κ1) is 36.6. The van der Waals surface area contributed by atoms with E-state index in [0.29, 0.717) is 22.6 Å². The van der Waals surface area contributed by atoms with E-state index in [4.69, 9.17) is 28.1 Å². The van der Waals surface area contributed by atoms with Gasteiger partial charge in [0.05, 0.1) is 22.9 Å². The van der Waals surface area contributed by atoms with E-state index in [2.05, 4.69) is 10.3 Å². The van der Waals surface area contributed by atoms with E-state index in [1.54, 1.807) is 103 Å². The number of carbonyl (C=O) groups is 3. The molecule has 0 saturated carbocycles. The molecule has 2 aromatic heterocycles. The number of rotatable bonds is 12. The average molecular weight is 764 g/mol. The number of esters is 3. The van der Waals surface area contributed by atoms with E-state index in [0.717, 1.165) is 16.5 Å². The van der Waals surface area contributed by atoms with E-state index in [-0.39, 0.29) is 24.3 Å². The standard InChI is InChI=1S/C44H33N3O10/c48-38-24-35(28-13-5-1-6-14-28)34-22-21-33(23-36(34)54-38)52-26-32-25-47(46-45-32)41-40(57-44(51)31-19-11-4-12-20-31)39(56-43(50)30-17-9-3-10-18-30)37(55-41)27-53-42(49)29-15-7-2-8-16-29/h1-25,37,39-41H,26-27H2/t37-,39-,40-,41-/m1/s1. The number of nitrogens with zero attached hydrogens (tertiary/aromatic N) is 3. The van der Waals surface area contributed by atoms with Gasteiger partial charge >= 0.3 is 23.5 Å². The maximum atomic E-state index is 13.5. The topological polar surface area (TPSA) is 158 Å². The van der Waals surface area contributed by atoms with Gasteiger partial charge in [0.15, 0.2) is 18.4 Å². The Hall–Kier alpha value is -7.38. The second-order valence-corrected chi connectivity index (χ2v) is 13.0. The Morgan fingerprint density at radius 3 is 1.88 bits per heavy atom. The van der Waals surface area contributed by atoms with E-state index in [1.165, 1.54) is 16.9 Å². The summed E-state index contributed by atoms with van der Waals surface area (Å²) in [4.78, 5) is 52.4. The molecule has 57 heavy (non-hydrogen) atoms. The monoisotopic (exact) mass is 763 g/mol. The molecule has 13 heteroatoms. The van der Waals surface area contributed by atoms with Crippen LogP contribution >= 0.6 is 0 Å². The molecule has 0 bridgehead atoms. The Labute approximate surface area is 324 Å². The minimum Gasteiger partial charge on any atom is -0.487 e. The summed E-state index contributed by atoms with van der Waals surface area (Å²) in [7, 11) is 0. The highest BCUT2D eigenvalue weighted by Crippen LogP contribution is 2.36. The fraction of sp³-hybridized carbons (Fsp3) is 0.136. The van der Waals surface area contributed by atoms with E-state index in [9.17, 15) is 19.2 Å². The van der Waals surface area contributed by atoms with Gasteiger partial charge in [-0.15, -0.1) is 5.10 Å². The van der Waals surface area contributed by atoms with Crippen LogP contribution in [0.15, 0.2) is 161 Å². The smallest absolute Gasteiger partial charge is 0.338 e. The van der Waals surface area contributed by atoms with Crippen LogP contribution in [0, 0.1) is 0 Å². The Balaban J connectivity index is 1.06. The van der Waals surface area contributed by atoms with Crippen molar-refractivity contribution in [3.05, 3.63) is 185 Å². The molecule has 284 valence electrons. The third kappa shape index (κ3) is 8.33. The lowest BCUT2D eigenvalue weighted by molar-refractivity contribution is -0.0678. The summed E-state index contributed by atoms with van der Waals surface area (Å²) in [6, 6.07) is 41.1. The lowest BCUT2D eigenvalue weighted by Gasteiger charge is -2.24. The predicted molar refractivity (Wildman–Crippen MR) is 204 cm³/mol. The number of ether oxygens (including phenoxy) is 5. The molecule has 0 spiro atoms. The van der Waals surface area contributed by atoms with Crippen LogP contribution in [-0.4, -0.2) is 57.8 Å². The quantitative estimate of drug-likeness (QED) is 0.0726. The van der Waals surface area contributed by atoms with E-state index in [1.807, 2.05) is 36.4 Å². The summed E-state index contributed by atoms with van der Waals surface area (Å²) in [5.41, 5.74) is 2.62. The third-order valence-electron chi connectivity index (χ3n) is 9.18. The molecule has 4 atom stereocenters. The first-order chi connectivity index (χ1) is 27.9. The number of hydrogen-bond donors (Lipinski definition) is 0. The molecule has 0 N–H and O–H groups in total. The lowest BCUT2D eigenvalue weighted by atomic mass is 10.0. The van der Waals surface area contributed by atoms with Crippen molar-refractivity contribution in [1.82, 2.24) is 15.0 Å². The Morgan fingerprint density at radius 1 is 0.667 bits per heavy atom. The maximum absolute atomic E-state index is 13.5. The average Bonchev–Trinajstić information content (AvgIpc) is 3.87. The van der Waals surface area contributed by atoms with Crippen LogP contribution in [0.25, 0.3) is 22.1 Å². The van der Waals surface area contributed by atoms with Crippen molar-refractivity contribution in [3.8, 4) is 16.9 Å². The highest BCUT2D eigenvalue weighted by molar-refractivity contribution is 5.94. The fourth-order valence-corrected chi connectivity index (χ4v) is 6.42. The molecular formula is C44H33N3O10. The van der Waals surface area contributed by atoms with Gasteiger partial charge in [-0.05, 0) is 59.7 Å². The molecule has 0 radical (unpaired) electrons. The van der Waals surface area contributed by atoms with Crippen molar-refractivity contribution in [1.29, 1.82) is 0 Å². The van der Waals surface area contributed by atoms with Crippen LogP contribution in [-0.2, 0) is 25.6 Å². The van der Waals surface area contributed by atoms with Crippen LogP contribution < -0.4 is 10.4 Å². The Bertz CT molecular complexity index is 2560. The molecule has 0 aliphatic carbocycles. The molecule has 0 unspecified atom stereocenters. The van der Waals surface area contributed by atoms with Crippen molar-refractivity contribution in [2.75, 3.05) is 6.61 Å². The van der Waals surface area contributed by atoms with Gasteiger partial charge in [0, 0.05) is 17.5 Å². The van der Waals surface area contributed by atoms with Gasteiger partial charge in [0.25, 0.3) is 0 Å². The van der Waals surface area contributed by atoms with Crippen LogP contribution in [0.5, 0.6) is 5.75 Å². The van der Waals surface area contributed by atoms with Gasteiger partial charge in [0.2, 0.25) is 0 Å². The van der Waals surface area contributed by atoms with E-state index >= 15 is 0 Å². The highest BCUT2D eigenvalue weighted by Gasteiger charge is 2.52. The zero-order chi connectivity index (χ0) is 39.1. The van der Waals surface area contributed by atoms with Crippen molar-refractivity contribution < 1.29 is 42.5 Å². The number of fused-ring (bicyclic) bond motifs is 1. The van der Waals surface area contributed by atoms with Gasteiger partial charge in [0.1, 0.15) is 36.3 Å². The van der Waals surface area contributed by atoms with Crippen LogP contribution in [0.3, 0.4) is 0 Å². The molecule has 1 fully saturated rings. The number of hydrogen-bond acceptors (Lipinski definition) is 12. The van der Waals surface area contributed by atoms with Crippen LogP contribution in [0.2, 0.25) is 0 Å². The van der Waals surface area contributed by atoms with Gasteiger partial charge in [-0.2, -0.15) is 0 Å². The van der Waals surface area contributed by atoms with Gasteiger partial charge in [-0.1, -0.05) is 90.1 Å². The summed E-state index contributed by atoms with van der Waals surface area (Å²) in [5.74, 6) is -1.64. The first-order valence-corrected chi connectivity index (χ1v) is 18.0.